The number of carbonyl (C=O) groups is 2. The van der Waals surface area contributed by atoms with Gasteiger partial charge in [0, 0.05) is 32.5 Å². The molecule has 35 heavy (non-hydrogen) atoms. The molecule has 0 bridgehead atoms. The van der Waals surface area contributed by atoms with Crippen LogP contribution in [0.15, 0.2) is 48.5 Å². The average molecular weight is 480 g/mol. The van der Waals surface area contributed by atoms with E-state index >= 15 is 0 Å². The predicted octanol–water partition coefficient (Wildman–Crippen LogP) is 3.99. The highest BCUT2D eigenvalue weighted by atomic mass is 16.6. The summed E-state index contributed by atoms with van der Waals surface area (Å²) in [5, 5.41) is 15.3. The van der Waals surface area contributed by atoms with Crippen molar-refractivity contribution in [1.29, 1.82) is 5.26 Å². The summed E-state index contributed by atoms with van der Waals surface area (Å²) < 4.78 is 16.0. The zero-order valence-electron chi connectivity index (χ0n) is 20.7. The molecule has 2 aromatic rings. The van der Waals surface area contributed by atoms with Crippen LogP contribution in [0.1, 0.15) is 39.2 Å². The van der Waals surface area contributed by atoms with Crippen molar-refractivity contribution < 1.29 is 23.8 Å². The highest BCUT2D eigenvalue weighted by Gasteiger charge is 2.43. The minimum atomic E-state index is -1.19. The lowest BCUT2D eigenvalue weighted by molar-refractivity contribution is -0.132. The smallest absolute Gasteiger partial charge is 0.408 e. The largest absolute Gasteiger partial charge is 0.497 e. The minimum absolute atomic E-state index is 0.298. The third kappa shape index (κ3) is 7.20. The van der Waals surface area contributed by atoms with Gasteiger partial charge in [0.05, 0.1) is 13.2 Å². The van der Waals surface area contributed by atoms with E-state index < -0.39 is 29.2 Å². The molecule has 8 heteroatoms. The van der Waals surface area contributed by atoms with Crippen molar-refractivity contribution in [2.45, 2.75) is 57.2 Å². The maximum absolute atomic E-state index is 13.3. The first-order chi connectivity index (χ1) is 16.6. The van der Waals surface area contributed by atoms with E-state index in [1.165, 1.54) is 0 Å². The number of benzene rings is 2. The number of nitrogens with one attached hydrogen (secondary N) is 2. The molecule has 1 aliphatic heterocycles. The lowest BCUT2D eigenvalue weighted by Crippen LogP contribution is -2.63. The summed E-state index contributed by atoms with van der Waals surface area (Å²) in [4.78, 5) is 25.7. The minimum Gasteiger partial charge on any atom is -0.497 e. The maximum Gasteiger partial charge on any atom is 0.408 e. The predicted molar refractivity (Wildman–Crippen MR) is 132 cm³/mol. The molecule has 1 fully saturated rings. The molecule has 0 spiro atoms. The van der Waals surface area contributed by atoms with Crippen molar-refractivity contribution >= 4 is 12.0 Å². The molecule has 8 nitrogen and oxygen atoms in total. The van der Waals surface area contributed by atoms with Gasteiger partial charge in [0.1, 0.15) is 22.9 Å². The van der Waals surface area contributed by atoms with Crippen LogP contribution in [0.5, 0.6) is 5.75 Å². The Morgan fingerprint density at radius 3 is 2.14 bits per heavy atom. The third-order valence-electron chi connectivity index (χ3n) is 5.80. The summed E-state index contributed by atoms with van der Waals surface area (Å²) in [6, 6.07) is 17.0. The molecule has 2 amide bonds. The van der Waals surface area contributed by atoms with E-state index in [9.17, 15) is 14.9 Å². The molecule has 1 aliphatic rings. The summed E-state index contributed by atoms with van der Waals surface area (Å²) in [7, 11) is 1.63. The number of nitriles is 1. The zero-order valence-corrected chi connectivity index (χ0v) is 20.7. The van der Waals surface area contributed by atoms with Crippen molar-refractivity contribution in [3.8, 4) is 22.9 Å². The molecule has 3 rings (SSSR count). The summed E-state index contributed by atoms with van der Waals surface area (Å²) in [6.07, 6.45) is 0.265. The second-order valence-electron chi connectivity index (χ2n) is 9.61. The zero-order chi connectivity index (χ0) is 25.5. The van der Waals surface area contributed by atoms with Gasteiger partial charge in [0.25, 0.3) is 0 Å². The van der Waals surface area contributed by atoms with E-state index in [1.807, 2.05) is 48.5 Å². The van der Waals surface area contributed by atoms with Gasteiger partial charge in [-0.15, -0.1) is 0 Å². The standard InChI is InChI=1S/C27H33N3O5/c1-26(2,3)35-25(32)30-27(13-15-34-16-14-27)24(31)29-22(18-28)17-19-5-7-20(8-6-19)21-9-11-23(33-4)12-10-21/h5-12,22H,13-17H2,1-4H3,(H,29,31)(H,30,32). The Morgan fingerprint density at radius 2 is 1.63 bits per heavy atom. The molecule has 0 saturated carbocycles. The van der Waals surface area contributed by atoms with Crippen molar-refractivity contribution in [1.82, 2.24) is 10.6 Å². The summed E-state index contributed by atoms with van der Waals surface area (Å²) in [5.41, 5.74) is 1.12. The Kier molecular flexibility index (Phi) is 8.36. The van der Waals surface area contributed by atoms with Gasteiger partial charge in [-0.05, 0) is 49.6 Å². The fraction of sp³-hybridized carbons (Fsp3) is 0.444. The fourth-order valence-corrected chi connectivity index (χ4v) is 3.91. The van der Waals surface area contributed by atoms with Gasteiger partial charge in [0.2, 0.25) is 5.91 Å². The van der Waals surface area contributed by atoms with Crippen LogP contribution < -0.4 is 15.4 Å². The molecular weight excluding hydrogens is 446 g/mol. The van der Waals surface area contributed by atoms with E-state index in [0.717, 1.165) is 22.4 Å². The van der Waals surface area contributed by atoms with Crippen LogP contribution in [-0.2, 0) is 20.7 Å². The number of rotatable bonds is 7. The molecular formula is C27H33N3O5. The lowest BCUT2D eigenvalue weighted by atomic mass is 9.88. The highest BCUT2D eigenvalue weighted by molar-refractivity contribution is 5.90. The van der Waals surface area contributed by atoms with Crippen LogP contribution in [0.2, 0.25) is 0 Å². The number of nitrogens with zero attached hydrogens (tertiary/aromatic N) is 1. The first kappa shape index (κ1) is 26.0. The van der Waals surface area contributed by atoms with Crippen LogP contribution in [0.25, 0.3) is 11.1 Å². The van der Waals surface area contributed by atoms with Gasteiger partial charge in [-0.25, -0.2) is 4.79 Å². The third-order valence-corrected chi connectivity index (χ3v) is 5.80. The fourth-order valence-electron chi connectivity index (χ4n) is 3.91. The van der Waals surface area contributed by atoms with E-state index in [-0.39, 0.29) is 0 Å². The van der Waals surface area contributed by atoms with Gasteiger partial charge < -0.3 is 24.8 Å². The van der Waals surface area contributed by atoms with Gasteiger partial charge in [-0.1, -0.05) is 36.4 Å². The quantitative estimate of drug-likeness (QED) is 0.622. The number of alkyl carbamates (subject to hydrolysis) is 1. The number of hydrogen-bond donors (Lipinski definition) is 2. The second-order valence-corrected chi connectivity index (χ2v) is 9.61. The molecule has 1 atom stereocenters. The molecule has 2 N–H and O–H groups in total. The summed E-state index contributed by atoms with van der Waals surface area (Å²) in [6.45, 7) is 5.93. The van der Waals surface area contributed by atoms with Crippen molar-refractivity contribution in [2.75, 3.05) is 20.3 Å². The molecule has 0 aromatic heterocycles. The van der Waals surface area contributed by atoms with E-state index in [2.05, 4.69) is 16.7 Å². The Labute approximate surface area is 206 Å². The normalized spacial score (nSPS) is 15.9. The molecule has 2 aromatic carbocycles. The molecule has 1 saturated heterocycles. The highest BCUT2D eigenvalue weighted by Crippen LogP contribution is 2.24. The Balaban J connectivity index is 1.67. The van der Waals surface area contributed by atoms with Crippen LogP contribution in [0.4, 0.5) is 4.79 Å². The van der Waals surface area contributed by atoms with Gasteiger partial charge >= 0.3 is 6.09 Å². The van der Waals surface area contributed by atoms with E-state index in [1.54, 1.807) is 27.9 Å². The first-order valence-electron chi connectivity index (χ1n) is 11.7. The molecule has 1 heterocycles. The summed E-state index contributed by atoms with van der Waals surface area (Å²) in [5.74, 6) is 0.384. The van der Waals surface area contributed by atoms with E-state index in [0.29, 0.717) is 32.5 Å². The summed E-state index contributed by atoms with van der Waals surface area (Å²) >= 11 is 0. The Hall–Kier alpha value is -3.57. The van der Waals surface area contributed by atoms with Gasteiger partial charge in [-0.3, -0.25) is 4.79 Å². The van der Waals surface area contributed by atoms with Crippen LogP contribution in [0, 0.1) is 11.3 Å². The second kappa shape index (κ2) is 11.2. The van der Waals surface area contributed by atoms with Gasteiger partial charge in [-0.2, -0.15) is 5.26 Å². The monoisotopic (exact) mass is 479 g/mol. The number of hydrogen-bond acceptors (Lipinski definition) is 6. The Morgan fingerprint density at radius 1 is 1.06 bits per heavy atom. The number of ether oxygens (including phenoxy) is 3. The van der Waals surface area contributed by atoms with Crippen LogP contribution >= 0.6 is 0 Å². The first-order valence-corrected chi connectivity index (χ1v) is 11.7. The average Bonchev–Trinajstić information content (AvgIpc) is 2.83. The molecule has 1 unspecified atom stereocenters. The lowest BCUT2D eigenvalue weighted by Gasteiger charge is -2.37. The Bertz CT molecular complexity index is 1050. The van der Waals surface area contributed by atoms with Crippen molar-refractivity contribution in [3.63, 3.8) is 0 Å². The number of methoxy groups -OCH3 is 1. The molecule has 0 aliphatic carbocycles. The number of amides is 2. The van der Waals surface area contributed by atoms with Crippen LogP contribution in [-0.4, -0.2) is 49.5 Å². The topological polar surface area (TPSA) is 110 Å². The maximum atomic E-state index is 13.3. The van der Waals surface area contributed by atoms with Crippen molar-refractivity contribution in [3.05, 3.63) is 54.1 Å². The van der Waals surface area contributed by atoms with Crippen LogP contribution in [0.3, 0.4) is 0 Å². The van der Waals surface area contributed by atoms with E-state index in [4.69, 9.17) is 14.2 Å². The molecule has 0 radical (unpaired) electrons. The SMILES string of the molecule is COc1ccc(-c2ccc(CC(C#N)NC(=O)C3(NC(=O)OC(C)(C)C)CCOCC3)cc2)cc1. The van der Waals surface area contributed by atoms with Gasteiger partial charge in [0.15, 0.2) is 0 Å². The van der Waals surface area contributed by atoms with Crippen molar-refractivity contribution in [2.24, 2.45) is 0 Å². The number of carbonyl (C=O) groups excluding carboxylic acids is 2. The molecule has 186 valence electrons.